The number of ether oxygens (including phenoxy) is 2. The van der Waals surface area contributed by atoms with Crippen LogP contribution in [-0.2, 0) is 9.59 Å². The molecule has 0 radical (unpaired) electrons. The Morgan fingerprint density at radius 2 is 2.11 bits per heavy atom. The van der Waals surface area contributed by atoms with E-state index in [1.807, 2.05) is 6.07 Å². The normalized spacial score (nSPS) is 10.7. The lowest BCUT2D eigenvalue weighted by atomic mass is 10.1. The van der Waals surface area contributed by atoms with Gasteiger partial charge in [-0.05, 0) is 42.0 Å². The maximum Gasteiger partial charge on any atom is 0.341 e. The number of anilines is 1. The molecule has 7 nitrogen and oxygen atoms in total. The number of carbonyl (C=O) groups excluding carboxylic acids is 1. The molecule has 0 aliphatic carbocycles. The minimum atomic E-state index is -1.17. The molecule has 2 N–H and O–H groups in total. The molecule has 28 heavy (non-hydrogen) atoms. The summed E-state index contributed by atoms with van der Waals surface area (Å²) in [7, 11) is 1.36. The second-order valence-corrected chi connectivity index (χ2v) is 6.67. The molecule has 0 unspecified atom stereocenters. The number of nitriles is 1. The predicted molar refractivity (Wildman–Crippen MR) is 107 cm³/mol. The number of carbonyl (C=O) groups is 2. The van der Waals surface area contributed by atoms with Gasteiger partial charge >= 0.3 is 5.97 Å². The Morgan fingerprint density at radius 1 is 1.36 bits per heavy atom. The second kappa shape index (κ2) is 9.78. The van der Waals surface area contributed by atoms with Crippen LogP contribution in [0, 0.1) is 11.3 Å². The largest absolute Gasteiger partial charge is 0.493 e. The standard InChI is InChI=1S/C19H14BrClN2O5/c1-27-16-7-11(6-15(21)18(16)28-10-17(24)25)5-12(9-22)19(26)23-14-4-2-3-13(20)8-14/h2-8H,10H2,1H3,(H,23,26)(H,24,25)/b12-5-. The average molecular weight is 466 g/mol. The van der Waals surface area contributed by atoms with E-state index in [1.54, 1.807) is 24.3 Å². The number of benzene rings is 2. The number of rotatable bonds is 7. The van der Waals surface area contributed by atoms with Gasteiger partial charge < -0.3 is 19.9 Å². The lowest BCUT2D eigenvalue weighted by molar-refractivity contribution is -0.139. The molecule has 0 saturated carbocycles. The zero-order valence-electron chi connectivity index (χ0n) is 14.5. The maximum absolute atomic E-state index is 12.4. The van der Waals surface area contributed by atoms with E-state index < -0.39 is 18.5 Å². The minimum absolute atomic E-state index is 0.0563. The fraction of sp³-hybridized carbons (Fsp3) is 0.105. The van der Waals surface area contributed by atoms with Crippen molar-refractivity contribution in [2.75, 3.05) is 19.0 Å². The van der Waals surface area contributed by atoms with E-state index in [-0.39, 0.29) is 22.1 Å². The Bertz CT molecular complexity index is 985. The Labute approximate surface area is 174 Å². The predicted octanol–water partition coefficient (Wildman–Crippen LogP) is 4.12. The van der Waals surface area contributed by atoms with Crippen molar-refractivity contribution in [3.05, 3.63) is 57.0 Å². The summed E-state index contributed by atoms with van der Waals surface area (Å²) in [5.41, 5.74) is 0.774. The van der Waals surface area contributed by atoms with Crippen LogP contribution in [0.15, 0.2) is 46.4 Å². The molecule has 144 valence electrons. The molecule has 2 aromatic carbocycles. The molecule has 2 aromatic rings. The summed E-state index contributed by atoms with van der Waals surface area (Å²) in [5.74, 6) is -1.54. The number of hydrogen-bond acceptors (Lipinski definition) is 5. The smallest absolute Gasteiger partial charge is 0.341 e. The zero-order chi connectivity index (χ0) is 20.7. The van der Waals surface area contributed by atoms with Crippen LogP contribution in [0.5, 0.6) is 11.5 Å². The van der Waals surface area contributed by atoms with Gasteiger partial charge in [0.25, 0.3) is 5.91 Å². The third-order valence-electron chi connectivity index (χ3n) is 3.35. The quantitative estimate of drug-likeness (QED) is 0.470. The molecule has 0 fully saturated rings. The van der Waals surface area contributed by atoms with E-state index in [0.717, 1.165) is 4.47 Å². The van der Waals surface area contributed by atoms with Gasteiger partial charge in [-0.1, -0.05) is 33.6 Å². The Balaban J connectivity index is 2.30. The highest BCUT2D eigenvalue weighted by atomic mass is 79.9. The number of carboxylic acids is 1. The number of amides is 1. The molecule has 0 saturated heterocycles. The average Bonchev–Trinajstić information content (AvgIpc) is 2.64. The summed E-state index contributed by atoms with van der Waals surface area (Å²) >= 11 is 9.44. The first kappa shape index (κ1) is 21.3. The van der Waals surface area contributed by atoms with Crippen molar-refractivity contribution in [2.24, 2.45) is 0 Å². The number of aliphatic carboxylic acids is 1. The van der Waals surface area contributed by atoms with Crippen LogP contribution >= 0.6 is 27.5 Å². The Hall–Kier alpha value is -3.02. The van der Waals surface area contributed by atoms with E-state index in [0.29, 0.717) is 11.3 Å². The maximum atomic E-state index is 12.4. The van der Waals surface area contributed by atoms with Crippen LogP contribution in [0.25, 0.3) is 6.08 Å². The van der Waals surface area contributed by atoms with Gasteiger partial charge in [0.05, 0.1) is 12.1 Å². The van der Waals surface area contributed by atoms with Crippen LogP contribution in [0.1, 0.15) is 5.56 Å². The number of nitrogens with one attached hydrogen (secondary N) is 1. The molecular weight excluding hydrogens is 452 g/mol. The van der Waals surface area contributed by atoms with E-state index in [1.165, 1.54) is 25.3 Å². The fourth-order valence-corrected chi connectivity index (χ4v) is 2.85. The minimum Gasteiger partial charge on any atom is -0.493 e. The molecule has 9 heteroatoms. The van der Waals surface area contributed by atoms with Crippen molar-refractivity contribution >= 4 is 51.2 Å². The fourth-order valence-electron chi connectivity index (χ4n) is 2.18. The zero-order valence-corrected chi connectivity index (χ0v) is 16.9. The number of carboxylic acid groups (broad SMARTS) is 1. The number of hydrogen-bond donors (Lipinski definition) is 2. The van der Waals surface area contributed by atoms with E-state index in [9.17, 15) is 14.9 Å². The van der Waals surface area contributed by atoms with E-state index in [2.05, 4.69) is 21.2 Å². The molecule has 2 rings (SSSR count). The third kappa shape index (κ3) is 5.74. The molecule has 0 heterocycles. The summed E-state index contributed by atoms with van der Waals surface area (Å²) < 4.78 is 11.1. The molecule has 0 bridgehead atoms. The van der Waals surface area contributed by atoms with Gasteiger partial charge in [-0.2, -0.15) is 5.26 Å². The first-order valence-electron chi connectivity index (χ1n) is 7.75. The van der Waals surface area contributed by atoms with Crippen molar-refractivity contribution in [3.63, 3.8) is 0 Å². The topological polar surface area (TPSA) is 109 Å². The van der Waals surface area contributed by atoms with Crippen molar-refractivity contribution in [2.45, 2.75) is 0 Å². The van der Waals surface area contributed by atoms with E-state index >= 15 is 0 Å². The van der Waals surface area contributed by atoms with Crippen molar-refractivity contribution in [1.82, 2.24) is 0 Å². The summed E-state index contributed by atoms with van der Waals surface area (Å²) in [6.07, 6.45) is 1.34. The van der Waals surface area contributed by atoms with Crippen LogP contribution in [-0.4, -0.2) is 30.7 Å². The van der Waals surface area contributed by atoms with Crippen molar-refractivity contribution in [1.29, 1.82) is 5.26 Å². The second-order valence-electron chi connectivity index (χ2n) is 5.35. The molecule has 0 atom stereocenters. The molecule has 1 amide bonds. The van der Waals surface area contributed by atoms with Gasteiger partial charge in [0.15, 0.2) is 18.1 Å². The molecule has 0 spiro atoms. The molecule has 0 aliphatic rings. The van der Waals surface area contributed by atoms with Crippen LogP contribution < -0.4 is 14.8 Å². The molecule has 0 aromatic heterocycles. The first-order chi connectivity index (χ1) is 13.3. The van der Waals surface area contributed by atoms with Crippen LogP contribution in [0.3, 0.4) is 0 Å². The Kier molecular flexibility index (Phi) is 7.44. The lowest BCUT2D eigenvalue weighted by Crippen LogP contribution is -2.13. The third-order valence-corrected chi connectivity index (χ3v) is 4.12. The van der Waals surface area contributed by atoms with Crippen molar-refractivity contribution < 1.29 is 24.2 Å². The first-order valence-corrected chi connectivity index (χ1v) is 8.92. The van der Waals surface area contributed by atoms with Gasteiger partial charge in [-0.25, -0.2) is 4.79 Å². The van der Waals surface area contributed by atoms with Gasteiger partial charge in [0.1, 0.15) is 11.6 Å². The van der Waals surface area contributed by atoms with Crippen LogP contribution in [0.2, 0.25) is 5.02 Å². The number of nitrogens with zero attached hydrogens (tertiary/aromatic N) is 1. The number of methoxy groups -OCH3 is 1. The van der Waals surface area contributed by atoms with Gasteiger partial charge in [0.2, 0.25) is 0 Å². The van der Waals surface area contributed by atoms with Crippen LogP contribution in [0.4, 0.5) is 5.69 Å². The van der Waals surface area contributed by atoms with Crippen molar-refractivity contribution in [3.8, 4) is 17.6 Å². The summed E-state index contributed by atoms with van der Waals surface area (Å²) in [6.45, 7) is -0.593. The van der Waals surface area contributed by atoms with E-state index in [4.69, 9.17) is 26.2 Å². The molecule has 0 aliphatic heterocycles. The van der Waals surface area contributed by atoms with Gasteiger partial charge in [0, 0.05) is 10.2 Å². The highest BCUT2D eigenvalue weighted by molar-refractivity contribution is 9.10. The highest BCUT2D eigenvalue weighted by Gasteiger charge is 2.15. The summed E-state index contributed by atoms with van der Waals surface area (Å²) in [4.78, 5) is 23.1. The summed E-state index contributed by atoms with van der Waals surface area (Å²) in [5, 5.41) is 20.8. The van der Waals surface area contributed by atoms with Gasteiger partial charge in [-0.15, -0.1) is 0 Å². The Morgan fingerprint density at radius 3 is 2.71 bits per heavy atom. The monoisotopic (exact) mass is 464 g/mol. The number of halogens is 2. The summed E-state index contributed by atoms with van der Waals surface area (Å²) in [6, 6.07) is 11.7. The molecular formula is C19H14BrClN2O5. The SMILES string of the molecule is COc1cc(/C=C(/C#N)C(=O)Nc2cccc(Br)c2)cc(Cl)c1OCC(=O)O. The lowest BCUT2D eigenvalue weighted by Gasteiger charge is -2.12. The highest BCUT2D eigenvalue weighted by Crippen LogP contribution is 2.37. The van der Waals surface area contributed by atoms with Gasteiger partial charge in [-0.3, -0.25) is 4.79 Å².